The number of hydrogen-bond donors (Lipinski definition) is 0. The molecule has 0 rings (SSSR count). The molecule has 0 bridgehead atoms. The molecule has 0 aliphatic carbocycles. The van der Waals surface area contributed by atoms with Gasteiger partial charge in [-0.25, -0.2) is 0 Å². The van der Waals surface area contributed by atoms with Crippen LogP contribution in [0.15, 0.2) is 0 Å². The molecule has 60 heavy (non-hydrogen) atoms. The van der Waals surface area contributed by atoms with E-state index in [0.717, 1.165) is 63.7 Å². The van der Waals surface area contributed by atoms with E-state index < -0.39 is 6.10 Å². The van der Waals surface area contributed by atoms with Crippen molar-refractivity contribution in [3.63, 3.8) is 0 Å². The lowest BCUT2D eigenvalue weighted by atomic mass is 10.0. The Morgan fingerprint density at radius 1 is 0.317 bits per heavy atom. The number of unbranched alkanes of at least 4 members (excludes halogenated alkanes) is 36. The van der Waals surface area contributed by atoms with Gasteiger partial charge in [-0.1, -0.05) is 265 Å². The molecule has 0 spiro atoms. The van der Waals surface area contributed by atoms with E-state index in [1.165, 1.54) is 199 Å². The van der Waals surface area contributed by atoms with Gasteiger partial charge in [0.1, 0.15) is 13.2 Å². The van der Waals surface area contributed by atoms with Crippen molar-refractivity contribution in [3.8, 4) is 0 Å². The third-order valence-electron chi connectivity index (χ3n) is 12.3. The maximum Gasteiger partial charge on any atom is 0.306 e. The molecular weight excluding hydrogens is 745 g/mol. The Hall–Kier alpha value is -1.59. The summed E-state index contributed by atoms with van der Waals surface area (Å²) in [5.74, 6) is -0.0469. The average molecular weight is 849 g/mol. The summed E-state index contributed by atoms with van der Waals surface area (Å²) in [5.41, 5.74) is 0. The molecule has 0 heterocycles. The molecule has 0 saturated heterocycles. The normalized spacial score (nSPS) is 11.9. The lowest BCUT2D eigenvalue weighted by Gasteiger charge is -2.18. The summed E-state index contributed by atoms with van der Waals surface area (Å²) in [6.07, 6.45) is 50.9. The molecule has 1 atom stereocenters. The monoisotopic (exact) mass is 849 g/mol. The van der Waals surface area contributed by atoms with Crippen LogP contribution in [-0.4, -0.2) is 37.2 Å². The van der Waals surface area contributed by atoms with Gasteiger partial charge in [0.15, 0.2) is 6.10 Å². The summed E-state index contributed by atoms with van der Waals surface area (Å²) in [7, 11) is 0. The number of carbonyl (C=O) groups excluding carboxylic acids is 3. The molecule has 0 N–H and O–H groups in total. The zero-order valence-corrected chi connectivity index (χ0v) is 40.9. The number of esters is 3. The lowest BCUT2D eigenvalue weighted by molar-refractivity contribution is -0.167. The van der Waals surface area contributed by atoms with Crippen LogP contribution in [0.5, 0.6) is 0 Å². The second kappa shape index (κ2) is 48.4. The summed E-state index contributed by atoms with van der Waals surface area (Å²) in [4.78, 5) is 38.0. The number of hydrogen-bond acceptors (Lipinski definition) is 6. The minimum atomic E-state index is -0.761. The molecule has 0 aliphatic heterocycles. The van der Waals surface area contributed by atoms with Gasteiger partial charge in [0, 0.05) is 19.3 Å². The van der Waals surface area contributed by atoms with Gasteiger partial charge >= 0.3 is 17.9 Å². The molecule has 0 amide bonds. The van der Waals surface area contributed by atoms with Gasteiger partial charge in [0.2, 0.25) is 0 Å². The molecule has 0 aliphatic rings. The largest absolute Gasteiger partial charge is 0.462 e. The Balaban J connectivity index is 4.28. The van der Waals surface area contributed by atoms with E-state index in [1.54, 1.807) is 0 Å². The number of rotatable bonds is 49. The molecule has 0 aromatic carbocycles. The fourth-order valence-corrected chi connectivity index (χ4v) is 8.22. The third kappa shape index (κ3) is 47.5. The average Bonchev–Trinajstić information content (AvgIpc) is 3.23. The molecular formula is C54H104O6. The maximum absolute atomic E-state index is 12.8. The number of carbonyl (C=O) groups is 3. The highest BCUT2D eigenvalue weighted by Crippen LogP contribution is 2.17. The Kier molecular flexibility index (Phi) is 47.2. The second-order valence-electron chi connectivity index (χ2n) is 19.0. The molecule has 0 saturated carbocycles. The zero-order valence-electron chi connectivity index (χ0n) is 40.9. The van der Waals surface area contributed by atoms with Crippen LogP contribution >= 0.6 is 0 Å². The van der Waals surface area contributed by atoms with Gasteiger partial charge in [0.25, 0.3) is 0 Å². The van der Waals surface area contributed by atoms with E-state index in [9.17, 15) is 14.4 Å². The van der Waals surface area contributed by atoms with Crippen molar-refractivity contribution >= 4 is 17.9 Å². The van der Waals surface area contributed by atoms with Crippen LogP contribution in [-0.2, 0) is 28.6 Å². The first-order chi connectivity index (χ1) is 29.4. The summed E-state index contributed by atoms with van der Waals surface area (Å²) in [5, 5.41) is 0. The zero-order chi connectivity index (χ0) is 43.8. The Labute approximate surface area is 374 Å². The predicted octanol–water partition coefficient (Wildman–Crippen LogP) is 17.5. The highest BCUT2D eigenvalue weighted by molar-refractivity contribution is 5.71. The van der Waals surface area contributed by atoms with Crippen LogP contribution < -0.4 is 0 Å². The highest BCUT2D eigenvalue weighted by atomic mass is 16.6. The summed E-state index contributed by atoms with van der Waals surface area (Å²) in [6, 6.07) is 0. The van der Waals surface area contributed by atoms with Crippen molar-refractivity contribution in [3.05, 3.63) is 0 Å². The van der Waals surface area contributed by atoms with Gasteiger partial charge in [-0.05, 0) is 25.2 Å². The molecule has 0 radical (unpaired) electrons. The minimum Gasteiger partial charge on any atom is -0.462 e. The Morgan fingerprint density at radius 2 is 0.550 bits per heavy atom. The highest BCUT2D eigenvalue weighted by Gasteiger charge is 2.19. The van der Waals surface area contributed by atoms with Gasteiger partial charge < -0.3 is 14.2 Å². The van der Waals surface area contributed by atoms with Crippen LogP contribution in [0.4, 0.5) is 0 Å². The fraction of sp³-hybridized carbons (Fsp3) is 0.944. The van der Waals surface area contributed by atoms with Crippen LogP contribution in [0.2, 0.25) is 0 Å². The smallest absolute Gasteiger partial charge is 0.306 e. The third-order valence-corrected chi connectivity index (χ3v) is 12.3. The van der Waals surface area contributed by atoms with Crippen molar-refractivity contribution in [1.82, 2.24) is 0 Å². The first-order valence-electron chi connectivity index (χ1n) is 26.9. The SMILES string of the molecule is CCCCCCCCCCCCCCCCCCCC(=O)OC[C@H](COC(=O)CCCCCCCCCCC(C)C)OC(=O)CCCCCCCCCCCCCCCC. The van der Waals surface area contributed by atoms with E-state index in [-0.39, 0.29) is 31.1 Å². The molecule has 356 valence electrons. The van der Waals surface area contributed by atoms with Crippen molar-refractivity contribution in [2.24, 2.45) is 5.92 Å². The van der Waals surface area contributed by atoms with Crippen LogP contribution in [0, 0.1) is 5.92 Å². The Bertz CT molecular complexity index is 903. The van der Waals surface area contributed by atoms with Crippen LogP contribution in [0.3, 0.4) is 0 Å². The lowest BCUT2D eigenvalue weighted by Crippen LogP contribution is -2.30. The van der Waals surface area contributed by atoms with Gasteiger partial charge in [-0.2, -0.15) is 0 Å². The quantitative estimate of drug-likeness (QED) is 0.0345. The fourth-order valence-electron chi connectivity index (χ4n) is 8.22. The molecule has 6 heteroatoms. The Morgan fingerprint density at radius 3 is 0.817 bits per heavy atom. The summed E-state index contributed by atoms with van der Waals surface area (Å²) in [6.45, 7) is 9.00. The minimum absolute atomic E-state index is 0.0628. The van der Waals surface area contributed by atoms with Gasteiger partial charge in [0.05, 0.1) is 0 Å². The summed E-state index contributed by atoms with van der Waals surface area (Å²) >= 11 is 0. The summed E-state index contributed by atoms with van der Waals surface area (Å²) < 4.78 is 16.8. The van der Waals surface area contributed by atoms with E-state index in [2.05, 4.69) is 27.7 Å². The van der Waals surface area contributed by atoms with Crippen molar-refractivity contribution in [2.75, 3.05) is 13.2 Å². The molecule has 0 aromatic rings. The standard InChI is InChI=1S/C54H104O6/c1-5-7-9-11-13-15-17-19-21-22-23-25-26-28-33-37-41-45-52(55)58-48-51(49-59-53(56)46-42-38-34-31-30-32-36-40-44-50(3)4)60-54(57)47-43-39-35-29-27-24-20-18-16-14-12-10-8-6-2/h50-51H,5-49H2,1-4H3/t51-/m1/s1. The van der Waals surface area contributed by atoms with Gasteiger partial charge in [-0.15, -0.1) is 0 Å². The molecule has 6 nitrogen and oxygen atoms in total. The second-order valence-corrected chi connectivity index (χ2v) is 19.0. The van der Waals surface area contributed by atoms with E-state index >= 15 is 0 Å². The molecule has 0 fully saturated rings. The van der Waals surface area contributed by atoms with Crippen molar-refractivity contribution in [1.29, 1.82) is 0 Å². The number of ether oxygens (including phenoxy) is 3. The van der Waals surface area contributed by atoms with E-state index in [4.69, 9.17) is 14.2 Å². The van der Waals surface area contributed by atoms with Crippen molar-refractivity contribution in [2.45, 2.75) is 310 Å². The van der Waals surface area contributed by atoms with E-state index in [0.29, 0.717) is 19.3 Å². The van der Waals surface area contributed by atoms with E-state index in [1.807, 2.05) is 0 Å². The van der Waals surface area contributed by atoms with Crippen molar-refractivity contribution < 1.29 is 28.6 Å². The van der Waals surface area contributed by atoms with Crippen LogP contribution in [0.25, 0.3) is 0 Å². The molecule has 0 aromatic heterocycles. The predicted molar refractivity (Wildman–Crippen MR) is 257 cm³/mol. The molecule has 0 unspecified atom stereocenters. The topological polar surface area (TPSA) is 78.9 Å². The van der Waals surface area contributed by atoms with Gasteiger partial charge in [-0.3, -0.25) is 14.4 Å². The first kappa shape index (κ1) is 58.4. The first-order valence-corrected chi connectivity index (χ1v) is 26.9. The van der Waals surface area contributed by atoms with Crippen LogP contribution in [0.1, 0.15) is 304 Å². The maximum atomic E-state index is 12.8.